The summed E-state index contributed by atoms with van der Waals surface area (Å²) in [6.45, 7) is 3.41. The van der Waals surface area contributed by atoms with Crippen LogP contribution in [-0.4, -0.2) is 16.4 Å². The van der Waals surface area contributed by atoms with Crippen LogP contribution in [0.5, 0.6) is 0 Å². The topological polar surface area (TPSA) is 27.1 Å². The maximum absolute atomic E-state index is 5.18. The molecule has 3 nitrogen and oxygen atoms in total. The summed E-state index contributed by atoms with van der Waals surface area (Å²) in [6.07, 6.45) is 3.77. The Morgan fingerprint density at radius 2 is 2.50 bits per heavy atom. The fraction of sp³-hybridized carbons (Fsp3) is 0.571. The van der Waals surface area contributed by atoms with Gasteiger partial charge in [-0.2, -0.15) is 5.10 Å². The van der Waals surface area contributed by atoms with Gasteiger partial charge in [0.2, 0.25) is 0 Å². The van der Waals surface area contributed by atoms with E-state index >= 15 is 0 Å². The minimum atomic E-state index is 0.671. The van der Waals surface area contributed by atoms with E-state index in [2.05, 4.69) is 5.10 Å². The molecule has 0 aliphatic heterocycles. The molecule has 0 unspecified atom stereocenters. The van der Waals surface area contributed by atoms with Gasteiger partial charge in [0.1, 0.15) is 0 Å². The largest absolute Gasteiger partial charge is 0.377 e. The van der Waals surface area contributed by atoms with Crippen molar-refractivity contribution in [2.24, 2.45) is 7.05 Å². The van der Waals surface area contributed by atoms with Crippen LogP contribution in [0.1, 0.15) is 12.5 Å². The van der Waals surface area contributed by atoms with Gasteiger partial charge in [-0.15, -0.1) is 0 Å². The first-order valence-corrected chi connectivity index (χ1v) is 3.38. The van der Waals surface area contributed by atoms with Gasteiger partial charge in [0.05, 0.1) is 12.8 Å². The molecule has 56 valence electrons. The molecule has 0 spiro atoms. The summed E-state index contributed by atoms with van der Waals surface area (Å²) in [7, 11) is 1.90. The highest BCUT2D eigenvalue weighted by atomic mass is 16.5. The lowest BCUT2D eigenvalue weighted by atomic mass is 10.4. The number of nitrogens with zero attached hydrogens (tertiary/aromatic N) is 2. The molecule has 0 atom stereocenters. The van der Waals surface area contributed by atoms with Crippen molar-refractivity contribution in [3.63, 3.8) is 0 Å². The van der Waals surface area contributed by atoms with Gasteiger partial charge in [-0.25, -0.2) is 0 Å². The Bertz CT molecular complexity index is 195. The molecule has 0 saturated carbocycles. The lowest BCUT2D eigenvalue weighted by molar-refractivity contribution is 0.134. The molecule has 1 aromatic heterocycles. The number of aryl methyl sites for hydroxylation is 1. The zero-order valence-corrected chi connectivity index (χ0v) is 6.37. The average molecular weight is 140 g/mol. The third-order valence-corrected chi connectivity index (χ3v) is 1.23. The van der Waals surface area contributed by atoms with Crippen LogP contribution >= 0.6 is 0 Å². The summed E-state index contributed by atoms with van der Waals surface area (Å²) < 4.78 is 6.95. The normalized spacial score (nSPS) is 10.2. The molecule has 10 heavy (non-hydrogen) atoms. The Balaban J connectivity index is 2.42. The monoisotopic (exact) mass is 140 g/mol. The van der Waals surface area contributed by atoms with E-state index in [0.717, 1.165) is 12.2 Å². The number of ether oxygens (including phenoxy) is 1. The standard InChI is InChI=1S/C7H12N2O/c1-3-10-6-7-4-8-9(2)5-7/h4-5H,3,6H2,1-2H3. The molecule has 1 aromatic rings. The van der Waals surface area contributed by atoms with E-state index in [4.69, 9.17) is 4.74 Å². The smallest absolute Gasteiger partial charge is 0.0747 e. The van der Waals surface area contributed by atoms with E-state index < -0.39 is 0 Å². The van der Waals surface area contributed by atoms with Crippen LogP contribution in [0.2, 0.25) is 0 Å². The summed E-state index contributed by atoms with van der Waals surface area (Å²) >= 11 is 0. The number of rotatable bonds is 3. The van der Waals surface area contributed by atoms with Crippen molar-refractivity contribution >= 4 is 0 Å². The van der Waals surface area contributed by atoms with Crippen LogP contribution < -0.4 is 0 Å². The van der Waals surface area contributed by atoms with Gasteiger partial charge in [-0.3, -0.25) is 4.68 Å². The van der Waals surface area contributed by atoms with Crippen LogP contribution in [0.25, 0.3) is 0 Å². The molecule has 0 radical (unpaired) electrons. The van der Waals surface area contributed by atoms with Crippen LogP contribution in [-0.2, 0) is 18.4 Å². The van der Waals surface area contributed by atoms with Crippen molar-refractivity contribution in [1.82, 2.24) is 9.78 Å². The van der Waals surface area contributed by atoms with Gasteiger partial charge < -0.3 is 4.74 Å². The van der Waals surface area contributed by atoms with Gasteiger partial charge in [0.25, 0.3) is 0 Å². The van der Waals surface area contributed by atoms with Crippen LogP contribution in [0.3, 0.4) is 0 Å². The summed E-state index contributed by atoms with van der Waals surface area (Å²) in [5.74, 6) is 0. The molecule has 0 aliphatic rings. The Kier molecular flexibility index (Phi) is 2.45. The van der Waals surface area contributed by atoms with Crippen LogP contribution in [0, 0.1) is 0 Å². The van der Waals surface area contributed by atoms with Gasteiger partial charge >= 0.3 is 0 Å². The SMILES string of the molecule is CCOCc1cnn(C)c1. The zero-order valence-electron chi connectivity index (χ0n) is 6.37. The highest BCUT2D eigenvalue weighted by Crippen LogP contribution is 1.97. The Morgan fingerprint density at radius 1 is 1.70 bits per heavy atom. The second kappa shape index (κ2) is 3.37. The molecule has 0 bridgehead atoms. The molecule has 0 aromatic carbocycles. The van der Waals surface area contributed by atoms with Gasteiger partial charge in [0.15, 0.2) is 0 Å². The summed E-state index contributed by atoms with van der Waals surface area (Å²) in [4.78, 5) is 0. The molecule has 3 heteroatoms. The Labute approximate surface area is 60.6 Å². The summed E-state index contributed by atoms with van der Waals surface area (Å²) in [6, 6.07) is 0. The lowest BCUT2D eigenvalue weighted by Gasteiger charge is -1.94. The van der Waals surface area contributed by atoms with E-state index in [0.29, 0.717) is 6.61 Å². The molecule has 0 saturated heterocycles. The number of aromatic nitrogens is 2. The predicted octanol–water partition coefficient (Wildman–Crippen LogP) is 0.957. The van der Waals surface area contributed by atoms with Crippen molar-refractivity contribution in [2.75, 3.05) is 6.61 Å². The van der Waals surface area contributed by atoms with E-state index in [-0.39, 0.29) is 0 Å². The first-order chi connectivity index (χ1) is 4.83. The first-order valence-electron chi connectivity index (χ1n) is 3.38. The third-order valence-electron chi connectivity index (χ3n) is 1.23. The number of hydrogen-bond acceptors (Lipinski definition) is 2. The van der Waals surface area contributed by atoms with Gasteiger partial charge in [-0.05, 0) is 6.92 Å². The maximum Gasteiger partial charge on any atom is 0.0747 e. The highest BCUT2D eigenvalue weighted by Gasteiger charge is 1.92. The van der Waals surface area contributed by atoms with Crippen molar-refractivity contribution in [3.05, 3.63) is 18.0 Å². The molecule has 0 aliphatic carbocycles. The number of hydrogen-bond donors (Lipinski definition) is 0. The molecule has 0 fully saturated rings. The maximum atomic E-state index is 5.18. The predicted molar refractivity (Wildman–Crippen MR) is 38.5 cm³/mol. The highest BCUT2D eigenvalue weighted by molar-refractivity contribution is 5.01. The van der Waals surface area contributed by atoms with E-state index in [1.54, 1.807) is 4.68 Å². The average Bonchev–Trinajstić information content (AvgIpc) is 2.31. The fourth-order valence-electron chi connectivity index (χ4n) is 0.766. The van der Waals surface area contributed by atoms with Gasteiger partial charge in [0, 0.05) is 25.4 Å². The second-order valence-electron chi connectivity index (χ2n) is 2.16. The van der Waals surface area contributed by atoms with Crippen molar-refractivity contribution in [3.8, 4) is 0 Å². The quantitative estimate of drug-likeness (QED) is 0.625. The first kappa shape index (κ1) is 7.28. The minimum Gasteiger partial charge on any atom is -0.377 e. The molecule has 1 heterocycles. The molecule has 0 N–H and O–H groups in total. The zero-order chi connectivity index (χ0) is 7.40. The third kappa shape index (κ3) is 1.84. The van der Waals surface area contributed by atoms with E-state index in [9.17, 15) is 0 Å². The van der Waals surface area contributed by atoms with Crippen molar-refractivity contribution in [2.45, 2.75) is 13.5 Å². The summed E-state index contributed by atoms with van der Waals surface area (Å²) in [5.41, 5.74) is 1.13. The fourth-order valence-corrected chi connectivity index (χ4v) is 0.766. The minimum absolute atomic E-state index is 0.671. The molecule has 0 amide bonds. The van der Waals surface area contributed by atoms with Gasteiger partial charge in [-0.1, -0.05) is 0 Å². The van der Waals surface area contributed by atoms with Crippen molar-refractivity contribution in [1.29, 1.82) is 0 Å². The van der Waals surface area contributed by atoms with Crippen molar-refractivity contribution < 1.29 is 4.74 Å². The molecule has 1 rings (SSSR count). The Morgan fingerprint density at radius 3 is 3.00 bits per heavy atom. The Hall–Kier alpha value is -0.830. The van der Waals surface area contributed by atoms with E-state index in [1.807, 2.05) is 26.4 Å². The molecular formula is C7H12N2O. The lowest BCUT2D eigenvalue weighted by Crippen LogP contribution is -1.89. The summed E-state index contributed by atoms with van der Waals surface area (Å²) in [5, 5.41) is 4.01. The second-order valence-corrected chi connectivity index (χ2v) is 2.16. The van der Waals surface area contributed by atoms with Crippen LogP contribution in [0.15, 0.2) is 12.4 Å². The van der Waals surface area contributed by atoms with Crippen LogP contribution in [0.4, 0.5) is 0 Å². The molecular weight excluding hydrogens is 128 g/mol. The van der Waals surface area contributed by atoms with E-state index in [1.165, 1.54) is 0 Å².